The van der Waals surface area contributed by atoms with Crippen molar-refractivity contribution in [2.45, 2.75) is 6.54 Å². The minimum absolute atomic E-state index is 0.0329. The highest BCUT2D eigenvalue weighted by Gasteiger charge is 2.10. The van der Waals surface area contributed by atoms with Gasteiger partial charge in [-0.1, -0.05) is 11.3 Å². The number of aliphatic hydroxyl groups is 1. The summed E-state index contributed by atoms with van der Waals surface area (Å²) in [5, 5.41) is 18.9. The average molecular weight is 254 g/mol. The predicted octanol–water partition coefficient (Wildman–Crippen LogP) is 1.01. The first-order valence-electron chi connectivity index (χ1n) is 5.38. The van der Waals surface area contributed by atoms with Gasteiger partial charge in [-0.05, 0) is 12.1 Å². The van der Waals surface area contributed by atoms with E-state index in [0.717, 1.165) is 0 Å². The molecular formula is C11H12F2N4O. The molecule has 0 unspecified atom stereocenters. The van der Waals surface area contributed by atoms with Gasteiger partial charge >= 0.3 is 0 Å². The number of nitrogens with one attached hydrogen (secondary N) is 1. The highest BCUT2D eigenvalue weighted by Crippen LogP contribution is 2.13. The summed E-state index contributed by atoms with van der Waals surface area (Å²) in [7, 11) is 0. The molecule has 96 valence electrons. The van der Waals surface area contributed by atoms with Crippen molar-refractivity contribution in [1.82, 2.24) is 15.0 Å². The van der Waals surface area contributed by atoms with Crippen molar-refractivity contribution in [3.05, 3.63) is 41.6 Å². The highest BCUT2D eigenvalue weighted by molar-refractivity contribution is 5.29. The van der Waals surface area contributed by atoms with Gasteiger partial charge in [0.05, 0.1) is 19.3 Å². The van der Waals surface area contributed by atoms with E-state index in [0.29, 0.717) is 12.4 Å². The number of hydrogen-bond donors (Lipinski definition) is 2. The number of nitrogens with zero attached hydrogens (tertiary/aromatic N) is 3. The first-order valence-corrected chi connectivity index (χ1v) is 5.38. The fraction of sp³-hybridized carbons (Fsp3) is 0.273. The molecule has 0 radical (unpaired) electrons. The molecule has 0 saturated heterocycles. The van der Waals surface area contributed by atoms with Gasteiger partial charge in [0.1, 0.15) is 11.6 Å². The Kier molecular flexibility index (Phi) is 3.83. The summed E-state index contributed by atoms with van der Waals surface area (Å²) in [4.78, 5) is 0. The van der Waals surface area contributed by atoms with Crippen LogP contribution in [0.2, 0.25) is 0 Å². The van der Waals surface area contributed by atoms with Crippen molar-refractivity contribution in [2.24, 2.45) is 0 Å². The van der Waals surface area contributed by atoms with Crippen LogP contribution in [0.3, 0.4) is 0 Å². The van der Waals surface area contributed by atoms with Gasteiger partial charge in [0.15, 0.2) is 5.82 Å². The summed E-state index contributed by atoms with van der Waals surface area (Å²) in [6.45, 7) is 0.272. The van der Waals surface area contributed by atoms with Crippen molar-refractivity contribution in [1.29, 1.82) is 0 Å². The minimum Gasteiger partial charge on any atom is -0.395 e. The molecule has 18 heavy (non-hydrogen) atoms. The van der Waals surface area contributed by atoms with Crippen molar-refractivity contribution in [3.63, 3.8) is 0 Å². The SMILES string of the molecule is OCCNc1cn(Cc2c(F)cccc2F)nn1. The van der Waals surface area contributed by atoms with Gasteiger partial charge in [-0.3, -0.25) is 0 Å². The predicted molar refractivity (Wildman–Crippen MR) is 61.1 cm³/mol. The van der Waals surface area contributed by atoms with Crippen LogP contribution in [0.15, 0.2) is 24.4 Å². The molecule has 0 aliphatic heterocycles. The number of anilines is 1. The summed E-state index contributed by atoms with van der Waals surface area (Å²) in [6, 6.07) is 3.70. The Balaban J connectivity index is 2.11. The summed E-state index contributed by atoms with van der Waals surface area (Å²) in [6.07, 6.45) is 1.52. The molecular weight excluding hydrogens is 242 g/mol. The van der Waals surface area contributed by atoms with Gasteiger partial charge in [-0.15, -0.1) is 5.10 Å². The third-order valence-corrected chi connectivity index (χ3v) is 2.34. The zero-order valence-corrected chi connectivity index (χ0v) is 9.48. The first kappa shape index (κ1) is 12.4. The Morgan fingerprint density at radius 2 is 2.00 bits per heavy atom. The zero-order valence-electron chi connectivity index (χ0n) is 9.48. The quantitative estimate of drug-likeness (QED) is 0.836. The molecule has 2 aromatic rings. The number of halogens is 2. The van der Waals surface area contributed by atoms with Crippen LogP contribution in [0.1, 0.15) is 5.56 Å². The van der Waals surface area contributed by atoms with E-state index in [1.165, 1.54) is 29.1 Å². The van der Waals surface area contributed by atoms with Crippen LogP contribution in [0.4, 0.5) is 14.6 Å². The lowest BCUT2D eigenvalue weighted by Crippen LogP contribution is -2.06. The molecule has 0 aliphatic carbocycles. The maximum atomic E-state index is 13.4. The van der Waals surface area contributed by atoms with Crippen LogP contribution >= 0.6 is 0 Å². The normalized spacial score (nSPS) is 10.6. The van der Waals surface area contributed by atoms with Crippen molar-refractivity contribution in [2.75, 3.05) is 18.5 Å². The summed E-state index contributed by atoms with van der Waals surface area (Å²) >= 11 is 0. The number of rotatable bonds is 5. The maximum absolute atomic E-state index is 13.4. The number of aliphatic hydroxyl groups excluding tert-OH is 1. The molecule has 0 aliphatic rings. The van der Waals surface area contributed by atoms with Crippen molar-refractivity contribution >= 4 is 5.82 Å². The molecule has 1 aromatic carbocycles. The fourth-order valence-electron chi connectivity index (χ4n) is 1.49. The van der Waals surface area contributed by atoms with Crippen molar-refractivity contribution < 1.29 is 13.9 Å². The molecule has 0 amide bonds. The first-order chi connectivity index (χ1) is 8.70. The van der Waals surface area contributed by atoms with Crippen LogP contribution in [-0.2, 0) is 6.54 Å². The largest absolute Gasteiger partial charge is 0.395 e. The smallest absolute Gasteiger partial charge is 0.168 e. The van der Waals surface area contributed by atoms with E-state index >= 15 is 0 Å². The summed E-state index contributed by atoms with van der Waals surface area (Å²) in [5.41, 5.74) is -0.0592. The van der Waals surface area contributed by atoms with Gasteiger partial charge in [-0.25, -0.2) is 13.5 Å². The molecule has 0 bridgehead atoms. The van der Waals surface area contributed by atoms with Crippen LogP contribution < -0.4 is 5.32 Å². The monoisotopic (exact) mass is 254 g/mol. The topological polar surface area (TPSA) is 63.0 Å². The molecule has 2 rings (SSSR count). The van der Waals surface area contributed by atoms with E-state index in [1.54, 1.807) is 0 Å². The Labute approximate surface area is 102 Å². The van der Waals surface area contributed by atoms with Gasteiger partial charge < -0.3 is 10.4 Å². The molecule has 0 spiro atoms. The van der Waals surface area contributed by atoms with Crippen LogP contribution in [0.5, 0.6) is 0 Å². The summed E-state index contributed by atoms with van der Waals surface area (Å²) < 4.78 is 28.1. The van der Waals surface area contributed by atoms with E-state index in [9.17, 15) is 8.78 Å². The molecule has 0 saturated carbocycles. The average Bonchev–Trinajstić information content (AvgIpc) is 2.79. The highest BCUT2D eigenvalue weighted by atomic mass is 19.1. The summed E-state index contributed by atoms with van der Waals surface area (Å²) in [5.74, 6) is -0.786. The zero-order chi connectivity index (χ0) is 13.0. The lowest BCUT2D eigenvalue weighted by molar-refractivity contribution is 0.311. The molecule has 7 heteroatoms. The Morgan fingerprint density at radius 1 is 1.28 bits per heavy atom. The van der Waals surface area contributed by atoms with E-state index in [-0.39, 0.29) is 18.7 Å². The second-order valence-electron chi connectivity index (χ2n) is 3.65. The van der Waals surface area contributed by atoms with E-state index in [2.05, 4.69) is 15.6 Å². The lowest BCUT2D eigenvalue weighted by Gasteiger charge is -2.03. The maximum Gasteiger partial charge on any atom is 0.168 e. The second kappa shape index (κ2) is 5.54. The molecule has 5 nitrogen and oxygen atoms in total. The Morgan fingerprint density at radius 3 is 2.67 bits per heavy atom. The number of hydrogen-bond acceptors (Lipinski definition) is 4. The fourth-order valence-corrected chi connectivity index (χ4v) is 1.49. The molecule has 0 fully saturated rings. The van der Waals surface area contributed by atoms with Crippen LogP contribution in [-0.4, -0.2) is 33.3 Å². The van der Waals surface area contributed by atoms with Gasteiger partial charge in [0.2, 0.25) is 0 Å². The standard InChI is InChI=1S/C11H12F2N4O/c12-9-2-1-3-10(13)8(9)6-17-7-11(15-16-17)14-4-5-18/h1-3,7,14,18H,4-6H2. The molecule has 0 atom stereocenters. The molecule has 2 N–H and O–H groups in total. The van der Waals surface area contributed by atoms with E-state index in [1.807, 2.05) is 0 Å². The van der Waals surface area contributed by atoms with Crippen LogP contribution in [0, 0.1) is 11.6 Å². The second-order valence-corrected chi connectivity index (χ2v) is 3.65. The van der Waals surface area contributed by atoms with E-state index in [4.69, 9.17) is 5.11 Å². The van der Waals surface area contributed by atoms with Gasteiger partial charge in [0, 0.05) is 12.1 Å². The Hall–Kier alpha value is -2.02. The number of aromatic nitrogens is 3. The van der Waals surface area contributed by atoms with Crippen molar-refractivity contribution in [3.8, 4) is 0 Å². The minimum atomic E-state index is -0.615. The van der Waals surface area contributed by atoms with Gasteiger partial charge in [0.25, 0.3) is 0 Å². The van der Waals surface area contributed by atoms with Crippen LogP contribution in [0.25, 0.3) is 0 Å². The Bertz CT molecular complexity index is 509. The van der Waals surface area contributed by atoms with E-state index < -0.39 is 11.6 Å². The number of benzene rings is 1. The third kappa shape index (κ3) is 2.80. The molecule has 1 aromatic heterocycles. The lowest BCUT2D eigenvalue weighted by atomic mass is 10.2. The van der Waals surface area contributed by atoms with Gasteiger partial charge in [-0.2, -0.15) is 0 Å². The third-order valence-electron chi connectivity index (χ3n) is 2.34. The molecule has 1 heterocycles.